The van der Waals surface area contributed by atoms with E-state index in [9.17, 15) is 0 Å². The molecule has 0 aliphatic heterocycles. The third-order valence-electron chi connectivity index (χ3n) is 2.55. The van der Waals surface area contributed by atoms with E-state index in [1.165, 1.54) is 0 Å². The van der Waals surface area contributed by atoms with Gasteiger partial charge in [-0.05, 0) is 25.2 Å². The molecule has 0 atom stereocenters. The SMILES string of the molecule is Cc1cc(NCCC(C)C)nc(NCC(C)C)n1. The Morgan fingerprint density at radius 3 is 2.39 bits per heavy atom. The molecule has 0 aliphatic rings. The molecule has 0 unspecified atom stereocenters. The van der Waals surface area contributed by atoms with Crippen molar-refractivity contribution in [3.8, 4) is 0 Å². The predicted octanol–water partition coefficient (Wildman–Crippen LogP) is 3.31. The molecule has 4 heteroatoms. The Bertz CT molecular complexity index is 361. The first-order chi connectivity index (χ1) is 8.47. The first-order valence-electron chi connectivity index (χ1n) is 6.80. The molecule has 1 aromatic heterocycles. The zero-order chi connectivity index (χ0) is 13.5. The third kappa shape index (κ3) is 5.84. The van der Waals surface area contributed by atoms with E-state index in [0.29, 0.717) is 11.8 Å². The molecule has 1 heterocycles. The van der Waals surface area contributed by atoms with Crippen LogP contribution in [-0.4, -0.2) is 23.1 Å². The van der Waals surface area contributed by atoms with E-state index in [1.54, 1.807) is 0 Å². The highest BCUT2D eigenvalue weighted by atomic mass is 15.1. The minimum Gasteiger partial charge on any atom is -0.370 e. The van der Waals surface area contributed by atoms with Crippen molar-refractivity contribution >= 4 is 11.8 Å². The van der Waals surface area contributed by atoms with Crippen LogP contribution in [0.1, 0.15) is 39.8 Å². The summed E-state index contributed by atoms with van der Waals surface area (Å²) >= 11 is 0. The van der Waals surface area contributed by atoms with Crippen molar-refractivity contribution in [2.75, 3.05) is 23.7 Å². The summed E-state index contributed by atoms with van der Waals surface area (Å²) in [5, 5.41) is 6.62. The van der Waals surface area contributed by atoms with Gasteiger partial charge in [0.25, 0.3) is 0 Å². The van der Waals surface area contributed by atoms with Gasteiger partial charge in [-0.2, -0.15) is 4.98 Å². The van der Waals surface area contributed by atoms with Gasteiger partial charge in [0.1, 0.15) is 5.82 Å². The van der Waals surface area contributed by atoms with E-state index in [-0.39, 0.29) is 0 Å². The van der Waals surface area contributed by atoms with Gasteiger partial charge in [0.15, 0.2) is 0 Å². The molecular formula is C14H26N4. The number of anilines is 2. The van der Waals surface area contributed by atoms with Crippen LogP contribution in [-0.2, 0) is 0 Å². The summed E-state index contributed by atoms with van der Waals surface area (Å²) in [5.41, 5.74) is 0.989. The third-order valence-corrected chi connectivity index (χ3v) is 2.55. The Balaban J connectivity index is 2.57. The van der Waals surface area contributed by atoms with Crippen LogP contribution in [0.2, 0.25) is 0 Å². The molecule has 4 nitrogen and oxygen atoms in total. The van der Waals surface area contributed by atoms with Crippen LogP contribution in [0.4, 0.5) is 11.8 Å². The summed E-state index contributed by atoms with van der Waals surface area (Å²) < 4.78 is 0. The van der Waals surface area contributed by atoms with Crippen LogP contribution >= 0.6 is 0 Å². The maximum Gasteiger partial charge on any atom is 0.224 e. The molecule has 0 bridgehead atoms. The molecule has 1 aromatic rings. The van der Waals surface area contributed by atoms with Crippen molar-refractivity contribution in [3.05, 3.63) is 11.8 Å². The van der Waals surface area contributed by atoms with Crippen molar-refractivity contribution in [1.82, 2.24) is 9.97 Å². The Hall–Kier alpha value is -1.32. The lowest BCUT2D eigenvalue weighted by atomic mass is 10.1. The molecule has 0 fully saturated rings. The van der Waals surface area contributed by atoms with Crippen LogP contribution < -0.4 is 10.6 Å². The van der Waals surface area contributed by atoms with Gasteiger partial charge in [-0.15, -0.1) is 0 Å². The van der Waals surface area contributed by atoms with Gasteiger partial charge in [0.05, 0.1) is 0 Å². The van der Waals surface area contributed by atoms with Gasteiger partial charge in [-0.25, -0.2) is 4.98 Å². The molecule has 0 radical (unpaired) electrons. The van der Waals surface area contributed by atoms with E-state index >= 15 is 0 Å². The number of rotatable bonds is 7. The summed E-state index contributed by atoms with van der Waals surface area (Å²) in [6.45, 7) is 12.6. The summed E-state index contributed by atoms with van der Waals surface area (Å²) in [6.07, 6.45) is 1.15. The van der Waals surface area contributed by atoms with Gasteiger partial charge < -0.3 is 10.6 Å². The number of nitrogens with zero attached hydrogens (tertiary/aromatic N) is 2. The van der Waals surface area contributed by atoms with Crippen LogP contribution in [0.5, 0.6) is 0 Å². The van der Waals surface area contributed by atoms with Gasteiger partial charge in [0.2, 0.25) is 5.95 Å². The van der Waals surface area contributed by atoms with E-state index in [0.717, 1.165) is 37.0 Å². The lowest BCUT2D eigenvalue weighted by molar-refractivity contribution is 0.606. The number of hydrogen-bond acceptors (Lipinski definition) is 4. The second-order valence-corrected chi connectivity index (χ2v) is 5.60. The van der Waals surface area contributed by atoms with Crippen LogP contribution in [0.3, 0.4) is 0 Å². The molecule has 1 rings (SSSR count). The lowest BCUT2D eigenvalue weighted by Crippen LogP contribution is -2.13. The average molecular weight is 250 g/mol. The molecule has 0 aromatic carbocycles. The molecule has 18 heavy (non-hydrogen) atoms. The maximum absolute atomic E-state index is 4.47. The fourth-order valence-electron chi connectivity index (χ4n) is 1.52. The number of aryl methyl sites for hydroxylation is 1. The molecule has 102 valence electrons. The topological polar surface area (TPSA) is 49.8 Å². The first kappa shape index (κ1) is 14.7. The Morgan fingerprint density at radius 1 is 1.06 bits per heavy atom. The highest BCUT2D eigenvalue weighted by molar-refractivity contribution is 5.42. The van der Waals surface area contributed by atoms with E-state index in [4.69, 9.17) is 0 Å². The normalized spacial score (nSPS) is 11.1. The monoisotopic (exact) mass is 250 g/mol. The summed E-state index contributed by atoms with van der Waals surface area (Å²) in [7, 11) is 0. The molecule has 0 aliphatic carbocycles. The van der Waals surface area contributed by atoms with Crippen molar-refractivity contribution in [1.29, 1.82) is 0 Å². The number of aromatic nitrogens is 2. The second-order valence-electron chi connectivity index (χ2n) is 5.60. The zero-order valence-corrected chi connectivity index (χ0v) is 12.2. The molecular weight excluding hydrogens is 224 g/mol. The van der Waals surface area contributed by atoms with Crippen LogP contribution in [0.25, 0.3) is 0 Å². The molecule has 2 N–H and O–H groups in total. The van der Waals surface area contributed by atoms with Crippen molar-refractivity contribution in [3.63, 3.8) is 0 Å². The zero-order valence-electron chi connectivity index (χ0n) is 12.2. The van der Waals surface area contributed by atoms with Crippen molar-refractivity contribution in [2.45, 2.75) is 41.0 Å². The standard InChI is InChI=1S/C14H26N4/c1-10(2)6-7-15-13-8-12(5)17-14(18-13)16-9-11(3)4/h8,10-11H,6-7,9H2,1-5H3,(H2,15,16,17,18). The Labute approximate surface area is 111 Å². The molecule has 0 spiro atoms. The Kier molecular flexibility index (Phi) is 5.89. The first-order valence-corrected chi connectivity index (χ1v) is 6.80. The predicted molar refractivity (Wildman–Crippen MR) is 78.0 cm³/mol. The van der Waals surface area contributed by atoms with E-state index < -0.39 is 0 Å². The fraction of sp³-hybridized carbons (Fsp3) is 0.714. The fourth-order valence-corrected chi connectivity index (χ4v) is 1.52. The highest BCUT2D eigenvalue weighted by Crippen LogP contribution is 2.11. The summed E-state index contributed by atoms with van der Waals surface area (Å²) in [5.74, 6) is 2.93. The van der Waals surface area contributed by atoms with E-state index in [2.05, 4.69) is 48.3 Å². The summed E-state index contributed by atoms with van der Waals surface area (Å²) in [4.78, 5) is 8.86. The lowest BCUT2D eigenvalue weighted by Gasteiger charge is -2.11. The van der Waals surface area contributed by atoms with Gasteiger partial charge in [-0.1, -0.05) is 27.7 Å². The minimum absolute atomic E-state index is 0.589. The van der Waals surface area contributed by atoms with Crippen molar-refractivity contribution < 1.29 is 0 Å². The number of hydrogen-bond donors (Lipinski definition) is 2. The Morgan fingerprint density at radius 2 is 1.78 bits per heavy atom. The smallest absolute Gasteiger partial charge is 0.224 e. The largest absolute Gasteiger partial charge is 0.370 e. The molecule has 0 amide bonds. The molecule has 0 saturated heterocycles. The molecule has 0 saturated carbocycles. The van der Waals surface area contributed by atoms with Gasteiger partial charge in [-0.3, -0.25) is 0 Å². The minimum atomic E-state index is 0.589. The van der Waals surface area contributed by atoms with Crippen LogP contribution in [0, 0.1) is 18.8 Å². The number of nitrogens with one attached hydrogen (secondary N) is 2. The highest BCUT2D eigenvalue weighted by Gasteiger charge is 2.03. The second kappa shape index (κ2) is 7.19. The van der Waals surface area contributed by atoms with Gasteiger partial charge >= 0.3 is 0 Å². The van der Waals surface area contributed by atoms with E-state index in [1.807, 2.05) is 13.0 Å². The van der Waals surface area contributed by atoms with Crippen molar-refractivity contribution in [2.24, 2.45) is 11.8 Å². The quantitative estimate of drug-likeness (QED) is 0.779. The van der Waals surface area contributed by atoms with Gasteiger partial charge in [0, 0.05) is 24.8 Å². The summed E-state index contributed by atoms with van der Waals surface area (Å²) in [6, 6.07) is 1.99. The average Bonchev–Trinajstić information content (AvgIpc) is 2.25. The maximum atomic E-state index is 4.47. The van der Waals surface area contributed by atoms with Crippen LogP contribution in [0.15, 0.2) is 6.07 Å².